The number of ether oxygens (including phenoxy) is 1. The van der Waals surface area contributed by atoms with Crippen LogP contribution in [0, 0.1) is 5.92 Å². The molecule has 3 heteroatoms. The van der Waals surface area contributed by atoms with Crippen molar-refractivity contribution in [3.8, 4) is 16.9 Å². The van der Waals surface area contributed by atoms with Gasteiger partial charge in [-0.3, -0.25) is 0 Å². The van der Waals surface area contributed by atoms with Gasteiger partial charge in [-0.25, -0.2) is 0 Å². The number of rotatable bonds is 9. The molecule has 0 aliphatic carbocycles. The summed E-state index contributed by atoms with van der Waals surface area (Å²) in [7, 11) is 0. The molecule has 0 spiro atoms. The van der Waals surface area contributed by atoms with E-state index >= 15 is 0 Å². The SMILES string of the molecule is CCCCCN1CCC(CCOc2ccc(-c3ccccc3)cc2)CC1.Cl. The van der Waals surface area contributed by atoms with Gasteiger partial charge in [-0.15, -0.1) is 12.4 Å². The Bertz CT molecular complexity index is 621. The molecule has 0 unspecified atom stereocenters. The van der Waals surface area contributed by atoms with E-state index in [0.717, 1.165) is 18.3 Å². The highest BCUT2D eigenvalue weighted by molar-refractivity contribution is 5.85. The highest BCUT2D eigenvalue weighted by Gasteiger charge is 2.18. The van der Waals surface area contributed by atoms with Crippen molar-refractivity contribution >= 4 is 12.4 Å². The molecule has 0 N–H and O–H groups in total. The van der Waals surface area contributed by atoms with E-state index in [4.69, 9.17) is 4.74 Å². The molecular formula is C24H34ClNO. The lowest BCUT2D eigenvalue weighted by Gasteiger charge is -2.31. The van der Waals surface area contributed by atoms with Crippen LogP contribution in [0.5, 0.6) is 5.75 Å². The van der Waals surface area contributed by atoms with Gasteiger partial charge in [0.15, 0.2) is 0 Å². The van der Waals surface area contributed by atoms with Crippen molar-refractivity contribution in [3.63, 3.8) is 0 Å². The van der Waals surface area contributed by atoms with Gasteiger partial charge in [0.05, 0.1) is 6.61 Å². The maximum atomic E-state index is 5.99. The van der Waals surface area contributed by atoms with Crippen molar-refractivity contribution in [1.29, 1.82) is 0 Å². The Kier molecular flexibility index (Phi) is 9.72. The molecule has 2 aromatic carbocycles. The van der Waals surface area contributed by atoms with Crippen LogP contribution in [0.15, 0.2) is 54.6 Å². The summed E-state index contributed by atoms with van der Waals surface area (Å²) in [5.74, 6) is 1.82. The van der Waals surface area contributed by atoms with Crippen molar-refractivity contribution in [3.05, 3.63) is 54.6 Å². The zero-order chi connectivity index (χ0) is 18.0. The van der Waals surface area contributed by atoms with E-state index < -0.39 is 0 Å². The second kappa shape index (κ2) is 12.0. The number of nitrogens with zero attached hydrogens (tertiary/aromatic N) is 1. The number of piperidine rings is 1. The Morgan fingerprint density at radius 3 is 2.22 bits per heavy atom. The average Bonchev–Trinajstić information content (AvgIpc) is 2.71. The lowest BCUT2D eigenvalue weighted by molar-refractivity contribution is 0.161. The minimum absolute atomic E-state index is 0. The molecule has 0 atom stereocenters. The van der Waals surface area contributed by atoms with Gasteiger partial charge >= 0.3 is 0 Å². The van der Waals surface area contributed by atoms with Gasteiger partial charge < -0.3 is 9.64 Å². The fourth-order valence-electron chi connectivity index (χ4n) is 3.80. The summed E-state index contributed by atoms with van der Waals surface area (Å²) in [5.41, 5.74) is 2.50. The predicted molar refractivity (Wildman–Crippen MR) is 118 cm³/mol. The van der Waals surface area contributed by atoms with Crippen molar-refractivity contribution in [1.82, 2.24) is 4.90 Å². The van der Waals surface area contributed by atoms with E-state index in [1.165, 1.54) is 69.3 Å². The Labute approximate surface area is 171 Å². The number of halogens is 1. The molecule has 1 saturated heterocycles. The molecule has 1 aliphatic rings. The molecule has 1 fully saturated rings. The van der Waals surface area contributed by atoms with E-state index in [-0.39, 0.29) is 12.4 Å². The summed E-state index contributed by atoms with van der Waals surface area (Å²) in [4.78, 5) is 2.65. The molecule has 1 aliphatic heterocycles. The third-order valence-electron chi connectivity index (χ3n) is 5.54. The summed E-state index contributed by atoms with van der Waals surface area (Å²) >= 11 is 0. The van der Waals surface area contributed by atoms with Gasteiger partial charge in [0.25, 0.3) is 0 Å². The van der Waals surface area contributed by atoms with Crippen molar-refractivity contribution in [2.75, 3.05) is 26.2 Å². The molecule has 1 heterocycles. The summed E-state index contributed by atoms with van der Waals surface area (Å²) in [5, 5.41) is 0. The lowest BCUT2D eigenvalue weighted by atomic mass is 9.94. The summed E-state index contributed by atoms with van der Waals surface area (Å²) in [6.45, 7) is 6.97. The Balaban J connectivity index is 0.00000261. The van der Waals surface area contributed by atoms with Crippen LogP contribution in [-0.2, 0) is 0 Å². The number of unbranched alkanes of at least 4 members (excludes halogenated alkanes) is 2. The molecule has 0 amide bonds. The molecule has 0 radical (unpaired) electrons. The molecule has 2 aromatic rings. The second-order valence-electron chi connectivity index (χ2n) is 7.52. The Morgan fingerprint density at radius 1 is 0.889 bits per heavy atom. The molecule has 0 bridgehead atoms. The lowest BCUT2D eigenvalue weighted by Crippen LogP contribution is -2.34. The van der Waals surface area contributed by atoms with Crippen LogP contribution in [0.1, 0.15) is 45.4 Å². The minimum Gasteiger partial charge on any atom is -0.494 e. The smallest absolute Gasteiger partial charge is 0.119 e. The van der Waals surface area contributed by atoms with Gasteiger partial charge in [-0.05, 0) is 74.5 Å². The topological polar surface area (TPSA) is 12.5 Å². The third kappa shape index (κ3) is 7.20. The van der Waals surface area contributed by atoms with E-state index in [9.17, 15) is 0 Å². The van der Waals surface area contributed by atoms with Gasteiger partial charge in [-0.2, -0.15) is 0 Å². The first-order valence-electron chi connectivity index (χ1n) is 10.4. The van der Waals surface area contributed by atoms with Crippen LogP contribution >= 0.6 is 12.4 Å². The predicted octanol–water partition coefficient (Wildman–Crippen LogP) is 6.45. The zero-order valence-corrected chi connectivity index (χ0v) is 17.4. The minimum atomic E-state index is 0. The monoisotopic (exact) mass is 387 g/mol. The standard InChI is InChI=1S/C24H33NO.ClH/c1-2-3-7-17-25-18-14-21(15-19-25)16-20-26-24-12-10-23(11-13-24)22-8-5-4-6-9-22;/h4-6,8-13,21H,2-3,7,14-20H2,1H3;1H. The van der Waals surface area contributed by atoms with Gasteiger partial charge in [0.1, 0.15) is 5.75 Å². The van der Waals surface area contributed by atoms with Crippen molar-refractivity contribution in [2.24, 2.45) is 5.92 Å². The normalized spacial score (nSPS) is 15.3. The quantitative estimate of drug-likeness (QED) is 0.458. The van der Waals surface area contributed by atoms with Gasteiger partial charge in [-0.1, -0.05) is 62.2 Å². The maximum Gasteiger partial charge on any atom is 0.119 e. The number of hydrogen-bond donors (Lipinski definition) is 0. The second-order valence-corrected chi connectivity index (χ2v) is 7.52. The molecule has 0 aromatic heterocycles. The first-order valence-corrected chi connectivity index (χ1v) is 10.4. The molecule has 3 rings (SSSR count). The molecular weight excluding hydrogens is 354 g/mol. The number of benzene rings is 2. The van der Waals surface area contributed by atoms with Gasteiger partial charge in [0.2, 0.25) is 0 Å². The molecule has 2 nitrogen and oxygen atoms in total. The Hall–Kier alpha value is -1.51. The van der Waals surface area contributed by atoms with Crippen LogP contribution in [0.25, 0.3) is 11.1 Å². The molecule has 148 valence electrons. The average molecular weight is 388 g/mol. The highest BCUT2D eigenvalue weighted by atomic mass is 35.5. The molecule has 27 heavy (non-hydrogen) atoms. The van der Waals surface area contributed by atoms with E-state index in [1.807, 2.05) is 0 Å². The Morgan fingerprint density at radius 2 is 1.56 bits per heavy atom. The van der Waals surface area contributed by atoms with Crippen LogP contribution in [0.2, 0.25) is 0 Å². The fraction of sp³-hybridized carbons (Fsp3) is 0.500. The fourth-order valence-corrected chi connectivity index (χ4v) is 3.80. The first-order chi connectivity index (χ1) is 12.8. The van der Waals surface area contributed by atoms with Crippen molar-refractivity contribution in [2.45, 2.75) is 45.4 Å². The van der Waals surface area contributed by atoms with E-state index in [2.05, 4.69) is 66.4 Å². The van der Waals surface area contributed by atoms with Crippen LogP contribution < -0.4 is 4.74 Å². The van der Waals surface area contributed by atoms with Crippen LogP contribution in [0.3, 0.4) is 0 Å². The van der Waals surface area contributed by atoms with Gasteiger partial charge in [0, 0.05) is 0 Å². The van der Waals surface area contributed by atoms with E-state index in [1.54, 1.807) is 0 Å². The van der Waals surface area contributed by atoms with Crippen LogP contribution in [0.4, 0.5) is 0 Å². The number of hydrogen-bond acceptors (Lipinski definition) is 2. The number of likely N-dealkylation sites (tertiary alicyclic amines) is 1. The largest absolute Gasteiger partial charge is 0.494 e. The summed E-state index contributed by atoms with van der Waals surface area (Å²) in [6, 6.07) is 19.0. The van der Waals surface area contributed by atoms with Crippen LogP contribution in [-0.4, -0.2) is 31.1 Å². The maximum absolute atomic E-state index is 5.99. The highest BCUT2D eigenvalue weighted by Crippen LogP contribution is 2.24. The zero-order valence-electron chi connectivity index (χ0n) is 16.6. The summed E-state index contributed by atoms with van der Waals surface area (Å²) < 4.78 is 5.99. The first kappa shape index (κ1) is 21.8. The van der Waals surface area contributed by atoms with Crippen molar-refractivity contribution < 1.29 is 4.74 Å². The third-order valence-corrected chi connectivity index (χ3v) is 5.54. The molecule has 0 saturated carbocycles. The van der Waals surface area contributed by atoms with E-state index in [0.29, 0.717) is 0 Å². The summed E-state index contributed by atoms with van der Waals surface area (Å²) in [6.07, 6.45) is 7.91.